The first-order chi connectivity index (χ1) is 53.5. The molecule has 7 N–H and O–H groups in total. The smallest absolute Gasteiger partial charge is 0.150 e. The van der Waals surface area contributed by atoms with Crippen molar-refractivity contribution >= 4 is 15.6 Å². The number of nitrogens with one attached hydrogen (secondary N) is 5. The minimum Gasteiger partial charge on any atom is -0.317 e. The zero-order valence-corrected chi connectivity index (χ0v) is 75.6. The number of Topliss-reactive ketones (excluding diaryl/α,β-unsaturated/α-hetero) is 1. The zero-order valence-electron chi connectivity index (χ0n) is 74.8. The average molecular weight is 1600 g/mol. The molecular weight excluding hydrogens is 1400 g/mol. The maximum atomic E-state index is 10.7. The quantitative estimate of drug-likeness (QED) is 0.139. The Bertz CT molecular complexity index is 1940. The lowest BCUT2D eigenvalue weighted by atomic mass is 9.63. The molecule has 0 aromatic rings. The Labute approximate surface area is 699 Å². The van der Waals surface area contributed by atoms with E-state index in [4.69, 9.17) is 5.84 Å². The first-order valence-corrected chi connectivity index (χ1v) is 50.4. The number of nitrogens with zero attached hydrogens (tertiary/aromatic N) is 7. The largest absolute Gasteiger partial charge is 0.317 e. The maximum absolute atomic E-state index is 10.7. The number of hydrazine groups is 1. The van der Waals surface area contributed by atoms with Crippen LogP contribution in [0, 0.1) is 16.7 Å². The van der Waals surface area contributed by atoms with E-state index in [9.17, 15) is 13.2 Å². The Hall–Kier alpha value is -0.900. The number of carbonyl (C=O) groups is 1. The van der Waals surface area contributed by atoms with E-state index in [0.29, 0.717) is 23.8 Å². The molecule has 17 aliphatic rings. The van der Waals surface area contributed by atoms with Gasteiger partial charge >= 0.3 is 0 Å². The lowest BCUT2D eigenvalue weighted by Gasteiger charge is -2.45. The van der Waals surface area contributed by atoms with E-state index in [0.717, 1.165) is 86.6 Å². The molecule has 0 aromatic carbocycles. The molecule has 0 atom stereocenters. The molecule has 12 saturated heterocycles. The van der Waals surface area contributed by atoms with Crippen LogP contribution in [-0.4, -0.2) is 256 Å². The Morgan fingerprint density at radius 2 is 0.795 bits per heavy atom. The highest BCUT2D eigenvalue weighted by atomic mass is 32.2. The molecule has 17 rings (SSSR count). The average Bonchev–Trinajstić information content (AvgIpc) is 1.03. The van der Waals surface area contributed by atoms with Crippen LogP contribution in [0.2, 0.25) is 0 Å². The Balaban J connectivity index is 0.000000410. The van der Waals surface area contributed by atoms with Crippen LogP contribution in [0.4, 0.5) is 0 Å². The minimum absolute atomic E-state index is 0. The van der Waals surface area contributed by atoms with Crippen molar-refractivity contribution in [1.82, 2.24) is 61.0 Å². The monoisotopic (exact) mass is 1600 g/mol. The van der Waals surface area contributed by atoms with E-state index in [1.54, 1.807) is 0 Å². The van der Waals surface area contributed by atoms with Crippen LogP contribution in [0.15, 0.2) is 0 Å². The number of carbonyl (C=O) groups excluding carboxylic acids is 1. The maximum Gasteiger partial charge on any atom is 0.150 e. The predicted molar refractivity (Wildman–Crippen MR) is 493 cm³/mol. The predicted octanol–water partition coefficient (Wildman–Crippen LogP) is 19.2. The minimum atomic E-state index is -2.58. The second-order valence-corrected chi connectivity index (χ2v) is 39.8. The fourth-order valence-corrected chi connectivity index (χ4v) is 19.7. The highest BCUT2D eigenvalue weighted by Gasteiger charge is 2.38. The first kappa shape index (κ1) is 107. The van der Waals surface area contributed by atoms with Crippen molar-refractivity contribution in [3.63, 3.8) is 0 Å². The third kappa shape index (κ3) is 58.1. The van der Waals surface area contributed by atoms with Crippen LogP contribution in [0.3, 0.4) is 0 Å². The van der Waals surface area contributed by atoms with Gasteiger partial charge in [0.2, 0.25) is 0 Å². The molecule has 12 heterocycles. The van der Waals surface area contributed by atoms with Crippen LogP contribution < -0.4 is 32.4 Å². The molecule has 0 radical (unpaired) electrons. The molecule has 5 aliphatic carbocycles. The number of nitrogens with two attached hydrogens (primary N) is 1. The van der Waals surface area contributed by atoms with Gasteiger partial charge in [-0.1, -0.05) is 177 Å². The van der Waals surface area contributed by atoms with Crippen molar-refractivity contribution < 1.29 is 13.2 Å². The van der Waals surface area contributed by atoms with Crippen LogP contribution in [0.5, 0.6) is 0 Å². The van der Waals surface area contributed by atoms with E-state index >= 15 is 0 Å². The fourth-order valence-electron chi connectivity index (χ4n) is 18.2. The van der Waals surface area contributed by atoms with Crippen LogP contribution >= 0.6 is 0 Å². The fraction of sp³-hybridized carbons (Fsp3) is 0.989. The van der Waals surface area contributed by atoms with Crippen molar-refractivity contribution in [2.45, 2.75) is 401 Å². The summed E-state index contributed by atoms with van der Waals surface area (Å²) in [6.07, 6.45) is 72.7. The normalized spacial score (nSPS) is 25.3. The molecule has 12 aliphatic heterocycles. The SMILES string of the molecule is C.C.C1CC2(C1)CCNCC2.C1CCC2(CC1)CNC2.C1CCCCC1.C1CCN(C2CC2)CC1.C1CCNCC1.C1CCNCC1.CC(C)CN1CCCCC1.CC(C)N1CCCCC1.CCN1CCCCC1.CN(C)C1CCCCC1.CN1CCCCC1.NN1CCCCC1.O=C1CCCNC1.O=S1(=O)CCCCC1. The van der Waals surface area contributed by atoms with Gasteiger partial charge < -0.3 is 56.0 Å². The summed E-state index contributed by atoms with van der Waals surface area (Å²) in [6, 6.07) is 2.68. The van der Waals surface area contributed by atoms with E-state index in [1.807, 2.05) is 5.01 Å². The van der Waals surface area contributed by atoms with Gasteiger partial charge in [0.15, 0.2) is 0 Å². The number of ketones is 1. The van der Waals surface area contributed by atoms with Gasteiger partial charge in [0.05, 0.1) is 18.1 Å². The van der Waals surface area contributed by atoms with Crippen molar-refractivity contribution in [3.8, 4) is 0 Å². The topological polar surface area (TPSA) is 160 Å². The standard InChI is InChI=1S/C9H19N.3C8H15N.2C8H17N.C7H15N.C6H13N.C6H12.C5H12N2.C5H9NO.2C5H11N.C5H10O2S.2CH4/c1-9(2)8-10-6-4-3-5-7-10;1-2-8(3-1)4-6-9-7-5-8;1-2-6-9(7-3-1)8-4-5-8;1-2-4-8(5-3-1)6-9-7-8;1-9(2)8-6-4-3-5-7-8;1-8(2)9-6-4-3-5-7-9;1-2-8-6-4-3-5-7-8;1-7-5-3-2-4-6-7;1-2-4-6-5-3-1;6-7-4-2-1-3-5-7;7-5-2-1-3-6-4-5;2*1-2-4-6-5-3-1;6-8(7)4-2-1-3-5-8;;/h9H,3-8H2,1-2H3;9H,1-7H2;8H,1-7H2;9H,1-7H2;2*8H,3-7H2,1-2H3;2-7H2,1H3;2-6H2,1H3;1-6H2;1-6H2;6H,1-4H2;2*6H,1-5H2;1-5H2;2*1H4. The van der Waals surface area contributed by atoms with Crippen LogP contribution in [0.25, 0.3) is 0 Å². The zero-order chi connectivity index (χ0) is 79.1. The van der Waals surface area contributed by atoms with Crippen molar-refractivity contribution in [3.05, 3.63) is 0 Å². The van der Waals surface area contributed by atoms with E-state index < -0.39 is 9.84 Å². The molecule has 0 unspecified atom stereocenters. The molecular formula is C95H199N13O3S. The number of rotatable bonds is 6. The molecule has 668 valence electrons. The van der Waals surface area contributed by atoms with Gasteiger partial charge in [0.25, 0.3) is 0 Å². The number of hydrogen-bond donors (Lipinski definition) is 6. The summed E-state index contributed by atoms with van der Waals surface area (Å²) in [4.78, 5) is 25.5. The van der Waals surface area contributed by atoms with Gasteiger partial charge in [0, 0.05) is 57.3 Å². The second kappa shape index (κ2) is 70.7. The molecule has 112 heavy (non-hydrogen) atoms. The third-order valence-electron chi connectivity index (χ3n) is 26.3. The summed E-state index contributed by atoms with van der Waals surface area (Å²) >= 11 is 0. The number of likely N-dealkylation sites (tertiary alicyclic amines) is 5. The van der Waals surface area contributed by atoms with E-state index in [1.165, 1.54) is 433 Å². The molecule has 0 aromatic heterocycles. The van der Waals surface area contributed by atoms with Gasteiger partial charge in [0.1, 0.15) is 15.6 Å². The summed E-state index contributed by atoms with van der Waals surface area (Å²) in [5, 5.41) is 18.2. The summed E-state index contributed by atoms with van der Waals surface area (Å²) in [7, 11) is 3.99. The Kier molecular flexibility index (Phi) is 67.7. The van der Waals surface area contributed by atoms with Gasteiger partial charge in [-0.15, -0.1) is 0 Å². The Morgan fingerprint density at radius 1 is 0.411 bits per heavy atom. The third-order valence-corrected chi connectivity index (χ3v) is 28.1. The summed E-state index contributed by atoms with van der Waals surface area (Å²) in [5.74, 6) is 7.51. The van der Waals surface area contributed by atoms with Gasteiger partial charge in [-0.25, -0.2) is 13.4 Å². The first-order valence-electron chi connectivity index (χ1n) is 48.5. The molecule has 17 heteroatoms. The van der Waals surface area contributed by atoms with E-state index in [2.05, 4.69) is 112 Å². The molecule has 17 fully saturated rings. The number of piperidine rings is 10. The molecule has 0 amide bonds. The highest BCUT2D eigenvalue weighted by molar-refractivity contribution is 7.91. The van der Waals surface area contributed by atoms with Crippen molar-refractivity contribution in [2.75, 3.05) is 190 Å². The van der Waals surface area contributed by atoms with Gasteiger partial charge in [-0.05, 0) is 356 Å². The van der Waals surface area contributed by atoms with Crippen LogP contribution in [-0.2, 0) is 14.6 Å². The van der Waals surface area contributed by atoms with Gasteiger partial charge in [-0.2, -0.15) is 0 Å². The highest BCUT2D eigenvalue weighted by Crippen LogP contribution is 2.47. The lowest BCUT2D eigenvalue weighted by molar-refractivity contribution is -0.119. The lowest BCUT2D eigenvalue weighted by Crippen LogP contribution is -2.54. The molecule has 16 nitrogen and oxygen atoms in total. The number of sulfone groups is 1. The van der Waals surface area contributed by atoms with E-state index in [-0.39, 0.29) is 14.9 Å². The summed E-state index contributed by atoms with van der Waals surface area (Å²) < 4.78 is 21.3. The van der Waals surface area contributed by atoms with Gasteiger partial charge in [-0.3, -0.25) is 10.6 Å². The molecule has 2 spiro atoms. The number of hydrogen-bond acceptors (Lipinski definition) is 16. The molecule has 5 saturated carbocycles. The summed E-state index contributed by atoms with van der Waals surface area (Å²) in [5.41, 5.74) is 1.63. The Morgan fingerprint density at radius 3 is 1.05 bits per heavy atom. The van der Waals surface area contributed by atoms with Crippen LogP contribution in [0.1, 0.15) is 383 Å². The molecule has 0 bridgehead atoms. The van der Waals surface area contributed by atoms with Crippen molar-refractivity contribution in [1.29, 1.82) is 0 Å². The second-order valence-electron chi connectivity index (χ2n) is 37.5. The summed E-state index contributed by atoms with van der Waals surface area (Å²) in [6.45, 7) is 41.4. The van der Waals surface area contributed by atoms with Crippen molar-refractivity contribution in [2.24, 2.45) is 22.6 Å².